The summed E-state index contributed by atoms with van der Waals surface area (Å²) in [5, 5.41) is 4.53. The average molecular weight is 522 g/mol. The zero-order chi connectivity index (χ0) is 26.9. The quantitative estimate of drug-likeness (QED) is 0.190. The summed E-state index contributed by atoms with van der Waals surface area (Å²) in [5.74, 6) is 2.03. The Hall–Kier alpha value is -3.89. The van der Waals surface area contributed by atoms with Gasteiger partial charge in [-0.3, -0.25) is 0 Å². The molecular weight excluding hydrogens is 486 g/mol. The Morgan fingerprint density at radius 1 is 1.11 bits per heavy atom. The van der Waals surface area contributed by atoms with Crippen LogP contribution in [0.3, 0.4) is 0 Å². The molecule has 0 amide bonds. The Morgan fingerprint density at radius 3 is 2.74 bits per heavy atom. The number of nitrogens with two attached hydrogens (primary N) is 1. The van der Waals surface area contributed by atoms with E-state index in [1.165, 1.54) is 0 Å². The Bertz CT molecular complexity index is 1390. The lowest BCUT2D eigenvalue weighted by Crippen LogP contribution is -2.18. The van der Waals surface area contributed by atoms with Gasteiger partial charge < -0.3 is 34.6 Å². The lowest BCUT2D eigenvalue weighted by Gasteiger charge is -2.13. The lowest BCUT2D eigenvalue weighted by molar-refractivity contribution is -0.145. The van der Waals surface area contributed by atoms with Gasteiger partial charge in [0, 0.05) is 32.0 Å². The van der Waals surface area contributed by atoms with Crippen molar-refractivity contribution >= 4 is 33.7 Å². The number of nitrogens with zero attached hydrogens (tertiary/aromatic N) is 3. The number of para-hydroxylation sites is 1. The number of imidazole rings is 1. The van der Waals surface area contributed by atoms with Crippen LogP contribution in [0.2, 0.25) is 0 Å². The maximum absolute atomic E-state index is 11.7. The number of benzene rings is 2. The number of ether oxygens (including phenoxy) is 4. The van der Waals surface area contributed by atoms with E-state index in [0.717, 1.165) is 52.8 Å². The van der Waals surface area contributed by atoms with Crippen molar-refractivity contribution in [1.82, 2.24) is 19.9 Å². The fraction of sp³-hybridized carbons (Fsp3) is 0.393. The van der Waals surface area contributed by atoms with Gasteiger partial charge in [0.05, 0.1) is 31.4 Å². The normalized spacial score (nSPS) is 11.2. The average Bonchev–Trinajstić information content (AvgIpc) is 3.30. The summed E-state index contributed by atoms with van der Waals surface area (Å²) < 4.78 is 23.5. The summed E-state index contributed by atoms with van der Waals surface area (Å²) in [7, 11) is 3.26. The first-order valence-electron chi connectivity index (χ1n) is 12.7. The second-order valence-electron chi connectivity index (χ2n) is 8.74. The van der Waals surface area contributed by atoms with Crippen molar-refractivity contribution in [2.75, 3.05) is 46.3 Å². The Kier molecular flexibility index (Phi) is 9.34. The molecule has 0 fully saturated rings. The number of anilines is 1. The van der Waals surface area contributed by atoms with E-state index in [1.807, 2.05) is 36.4 Å². The minimum Gasteiger partial charge on any atom is -0.493 e. The molecule has 2 aromatic heterocycles. The molecule has 202 valence electrons. The van der Waals surface area contributed by atoms with Crippen LogP contribution in [0, 0.1) is 0 Å². The molecule has 38 heavy (non-hydrogen) atoms. The van der Waals surface area contributed by atoms with Crippen molar-refractivity contribution in [3.63, 3.8) is 0 Å². The van der Waals surface area contributed by atoms with Gasteiger partial charge in [-0.2, -0.15) is 0 Å². The first kappa shape index (κ1) is 27.2. The van der Waals surface area contributed by atoms with Crippen LogP contribution in [0.4, 0.5) is 5.82 Å². The van der Waals surface area contributed by atoms with Gasteiger partial charge in [-0.1, -0.05) is 24.3 Å². The van der Waals surface area contributed by atoms with Gasteiger partial charge in [0.2, 0.25) is 0 Å². The fourth-order valence-corrected chi connectivity index (χ4v) is 4.41. The highest BCUT2D eigenvalue weighted by Gasteiger charge is 2.17. The van der Waals surface area contributed by atoms with Crippen LogP contribution in [0.5, 0.6) is 11.5 Å². The van der Waals surface area contributed by atoms with Gasteiger partial charge >= 0.3 is 5.97 Å². The van der Waals surface area contributed by atoms with Crippen LogP contribution in [0.1, 0.15) is 24.7 Å². The van der Waals surface area contributed by atoms with Gasteiger partial charge in [-0.05, 0) is 43.7 Å². The number of rotatable bonds is 14. The molecule has 0 saturated heterocycles. The van der Waals surface area contributed by atoms with Crippen LogP contribution >= 0.6 is 0 Å². The third-order valence-electron chi connectivity index (χ3n) is 6.16. The smallest absolute Gasteiger partial charge is 0.344 e. The predicted octanol–water partition coefficient (Wildman–Crippen LogP) is 3.49. The molecule has 0 spiro atoms. The number of pyridine rings is 1. The number of esters is 1. The van der Waals surface area contributed by atoms with Crippen molar-refractivity contribution in [3.8, 4) is 11.5 Å². The van der Waals surface area contributed by atoms with Crippen LogP contribution in [0.25, 0.3) is 21.9 Å². The first-order chi connectivity index (χ1) is 18.5. The minimum atomic E-state index is -0.416. The van der Waals surface area contributed by atoms with Crippen molar-refractivity contribution in [2.45, 2.75) is 32.9 Å². The van der Waals surface area contributed by atoms with Gasteiger partial charge in [0.15, 0.2) is 23.9 Å². The van der Waals surface area contributed by atoms with Crippen molar-refractivity contribution < 1.29 is 23.7 Å². The molecule has 0 atom stereocenters. The Morgan fingerprint density at radius 2 is 1.95 bits per heavy atom. The summed E-state index contributed by atoms with van der Waals surface area (Å²) >= 11 is 0. The van der Waals surface area contributed by atoms with Gasteiger partial charge in [0.1, 0.15) is 11.3 Å². The summed E-state index contributed by atoms with van der Waals surface area (Å²) in [6, 6.07) is 13.7. The van der Waals surface area contributed by atoms with E-state index >= 15 is 0 Å². The number of nitrogen functional groups attached to an aromatic ring is 1. The molecule has 0 bridgehead atoms. The minimum absolute atomic E-state index is 0.167. The van der Waals surface area contributed by atoms with E-state index in [9.17, 15) is 4.79 Å². The topological polar surface area (TPSA) is 123 Å². The molecule has 4 rings (SSSR count). The van der Waals surface area contributed by atoms with Crippen molar-refractivity contribution in [2.24, 2.45) is 0 Å². The number of carbonyl (C=O) groups is 1. The molecule has 2 aromatic carbocycles. The third-order valence-corrected chi connectivity index (χ3v) is 6.16. The number of aryl methyl sites for hydroxylation is 1. The number of methoxy groups -OCH3 is 2. The predicted molar refractivity (Wildman–Crippen MR) is 146 cm³/mol. The molecule has 10 nitrogen and oxygen atoms in total. The zero-order valence-electron chi connectivity index (χ0n) is 22.2. The monoisotopic (exact) mass is 521 g/mol. The number of carbonyl (C=O) groups excluding carboxylic acids is 1. The van der Waals surface area contributed by atoms with Crippen LogP contribution in [-0.4, -0.2) is 61.1 Å². The van der Waals surface area contributed by atoms with Crippen LogP contribution in [-0.2, 0) is 33.8 Å². The summed E-state index contributed by atoms with van der Waals surface area (Å²) in [6.45, 7) is 4.67. The van der Waals surface area contributed by atoms with Crippen molar-refractivity contribution in [3.05, 3.63) is 53.9 Å². The van der Waals surface area contributed by atoms with Crippen LogP contribution < -0.4 is 20.5 Å². The number of hydrogen-bond acceptors (Lipinski definition) is 9. The van der Waals surface area contributed by atoms with Gasteiger partial charge in [-0.15, -0.1) is 0 Å². The van der Waals surface area contributed by atoms with E-state index in [2.05, 4.69) is 20.9 Å². The Labute approximate surface area is 222 Å². The molecule has 2 heterocycles. The maximum Gasteiger partial charge on any atom is 0.344 e. The van der Waals surface area contributed by atoms with Crippen LogP contribution in [0.15, 0.2) is 42.5 Å². The summed E-state index contributed by atoms with van der Waals surface area (Å²) in [6.07, 6.45) is 1.57. The number of fused-ring (bicyclic) bond motifs is 3. The summed E-state index contributed by atoms with van der Waals surface area (Å²) in [5.41, 5.74) is 9.90. The van der Waals surface area contributed by atoms with Crippen molar-refractivity contribution in [1.29, 1.82) is 0 Å². The molecular formula is C28H35N5O5. The van der Waals surface area contributed by atoms with E-state index in [4.69, 9.17) is 29.7 Å². The van der Waals surface area contributed by atoms with E-state index in [-0.39, 0.29) is 6.61 Å². The highest BCUT2D eigenvalue weighted by atomic mass is 16.6. The molecule has 4 aromatic rings. The standard InChI is InChI=1S/C28H35N5O5/c1-4-37-25(34)18-38-23-16-19(10-11-22(23)36-3)17-30-13-7-14-33-24(12-15-35-2)32-26-27(33)20-8-5-6-9-21(20)31-28(26)29/h5-6,8-11,16,30H,4,7,12-15,17-18H2,1-3H3,(H2,29,31). The molecule has 0 aliphatic rings. The molecule has 0 unspecified atom stereocenters. The molecule has 0 saturated carbocycles. The first-order valence-corrected chi connectivity index (χ1v) is 12.7. The largest absolute Gasteiger partial charge is 0.493 e. The zero-order valence-corrected chi connectivity index (χ0v) is 22.2. The number of nitrogens with one attached hydrogen (secondary N) is 1. The highest BCUT2D eigenvalue weighted by molar-refractivity contribution is 6.06. The van der Waals surface area contributed by atoms with E-state index < -0.39 is 5.97 Å². The highest BCUT2D eigenvalue weighted by Crippen LogP contribution is 2.30. The summed E-state index contributed by atoms with van der Waals surface area (Å²) in [4.78, 5) is 21.0. The number of aromatic nitrogens is 3. The van der Waals surface area contributed by atoms with E-state index in [0.29, 0.717) is 43.5 Å². The second-order valence-corrected chi connectivity index (χ2v) is 8.74. The second kappa shape index (κ2) is 13.1. The lowest BCUT2D eigenvalue weighted by atomic mass is 10.2. The molecule has 3 N–H and O–H groups in total. The molecule has 0 aliphatic carbocycles. The Balaban J connectivity index is 1.42. The van der Waals surface area contributed by atoms with Gasteiger partial charge in [0.25, 0.3) is 0 Å². The van der Waals surface area contributed by atoms with Gasteiger partial charge in [-0.25, -0.2) is 14.8 Å². The number of hydrogen-bond donors (Lipinski definition) is 2. The maximum atomic E-state index is 11.7. The fourth-order valence-electron chi connectivity index (χ4n) is 4.41. The molecule has 10 heteroatoms. The molecule has 0 aliphatic heterocycles. The molecule has 0 radical (unpaired) electrons. The van der Waals surface area contributed by atoms with E-state index in [1.54, 1.807) is 21.1 Å². The SMILES string of the molecule is CCOC(=O)COc1cc(CNCCCn2c(CCOC)nc3c(N)nc4ccccc4c32)ccc1OC. The third kappa shape index (κ3) is 6.32.